The lowest BCUT2D eigenvalue weighted by Crippen LogP contribution is -2.47. The van der Waals surface area contributed by atoms with Gasteiger partial charge in [-0.2, -0.15) is 0 Å². The van der Waals surface area contributed by atoms with Gasteiger partial charge in [0.15, 0.2) is 5.96 Å². The molecule has 0 aliphatic carbocycles. The molecule has 0 spiro atoms. The molecule has 0 amide bonds. The molecule has 0 bridgehead atoms. The third-order valence-corrected chi connectivity index (χ3v) is 4.76. The van der Waals surface area contributed by atoms with E-state index in [0.717, 1.165) is 63.7 Å². The van der Waals surface area contributed by atoms with Crippen molar-refractivity contribution in [3.05, 3.63) is 48.3 Å². The lowest BCUT2D eigenvalue weighted by atomic mass is 10.1. The fraction of sp³-hybridized carbons (Fsp3) is 0.450. The van der Waals surface area contributed by atoms with Crippen LogP contribution in [-0.4, -0.2) is 60.1 Å². The second-order valence-corrected chi connectivity index (χ2v) is 6.67. The Morgan fingerprint density at radius 3 is 2.48 bits per heavy atom. The first-order valence-corrected chi connectivity index (χ1v) is 9.65. The number of anilines is 2. The summed E-state index contributed by atoms with van der Waals surface area (Å²) in [6.07, 6.45) is 5.63. The van der Waals surface area contributed by atoms with E-state index in [1.807, 2.05) is 18.2 Å². The van der Waals surface area contributed by atoms with Gasteiger partial charge in [0.05, 0.1) is 0 Å². The van der Waals surface area contributed by atoms with Gasteiger partial charge in [-0.1, -0.05) is 19.1 Å². The molecule has 27 heavy (non-hydrogen) atoms. The Morgan fingerprint density at radius 1 is 1.11 bits per heavy atom. The minimum absolute atomic E-state index is 0.477. The number of aryl methyl sites for hydroxylation is 1. The molecular weight excluding hydrogens is 338 g/mol. The standard InChI is InChI=1S/C20H29N7/c1-2-17-5-7-18(8-6-17)25-19(21)22-11-4-12-26-13-15-27(16-14-26)20-23-9-3-10-24-20/h3,5-10H,2,4,11-16H2,1H3,(H3,21,22,25). The van der Waals surface area contributed by atoms with Crippen LogP contribution in [0.5, 0.6) is 0 Å². The number of nitrogens with zero attached hydrogens (tertiary/aromatic N) is 5. The maximum absolute atomic E-state index is 5.98. The van der Waals surface area contributed by atoms with Crippen LogP contribution < -0.4 is 16.0 Å². The largest absolute Gasteiger partial charge is 0.370 e. The smallest absolute Gasteiger partial charge is 0.225 e. The topological polar surface area (TPSA) is 82.7 Å². The van der Waals surface area contributed by atoms with Crippen LogP contribution in [-0.2, 0) is 6.42 Å². The highest BCUT2D eigenvalue weighted by Crippen LogP contribution is 2.11. The van der Waals surface area contributed by atoms with Crippen LogP contribution in [0.2, 0.25) is 0 Å². The van der Waals surface area contributed by atoms with Gasteiger partial charge in [0, 0.05) is 57.3 Å². The van der Waals surface area contributed by atoms with Gasteiger partial charge in [-0.25, -0.2) is 9.97 Å². The van der Waals surface area contributed by atoms with Crippen LogP contribution in [0.15, 0.2) is 47.7 Å². The molecule has 0 radical (unpaired) electrons. The summed E-state index contributed by atoms with van der Waals surface area (Å²) < 4.78 is 0. The zero-order valence-electron chi connectivity index (χ0n) is 16.0. The van der Waals surface area contributed by atoms with Gasteiger partial charge in [0.25, 0.3) is 0 Å². The second-order valence-electron chi connectivity index (χ2n) is 6.67. The molecule has 1 fully saturated rings. The van der Waals surface area contributed by atoms with E-state index in [2.05, 4.69) is 49.1 Å². The molecule has 1 saturated heterocycles. The SMILES string of the molecule is CCc1ccc(NC(N)=NCCCN2CCN(c3ncccn3)CC2)cc1. The Labute approximate surface area is 161 Å². The van der Waals surface area contributed by atoms with E-state index >= 15 is 0 Å². The Hall–Kier alpha value is -2.67. The summed E-state index contributed by atoms with van der Waals surface area (Å²) in [6.45, 7) is 7.89. The van der Waals surface area contributed by atoms with Crippen molar-refractivity contribution in [1.82, 2.24) is 14.9 Å². The van der Waals surface area contributed by atoms with Crippen molar-refractivity contribution in [3.8, 4) is 0 Å². The highest BCUT2D eigenvalue weighted by atomic mass is 15.3. The van der Waals surface area contributed by atoms with Crippen LogP contribution in [0, 0.1) is 0 Å². The van der Waals surface area contributed by atoms with Gasteiger partial charge in [0.1, 0.15) is 0 Å². The van der Waals surface area contributed by atoms with E-state index in [1.54, 1.807) is 12.4 Å². The first-order chi connectivity index (χ1) is 13.2. The fourth-order valence-corrected chi connectivity index (χ4v) is 3.13. The molecule has 3 N–H and O–H groups in total. The zero-order chi connectivity index (χ0) is 18.9. The predicted molar refractivity (Wildman–Crippen MR) is 111 cm³/mol. The average molecular weight is 368 g/mol. The number of nitrogens with one attached hydrogen (secondary N) is 1. The quantitative estimate of drug-likeness (QED) is 0.442. The minimum Gasteiger partial charge on any atom is -0.370 e. The van der Waals surface area contributed by atoms with Crippen molar-refractivity contribution >= 4 is 17.6 Å². The van der Waals surface area contributed by atoms with Gasteiger partial charge >= 0.3 is 0 Å². The summed E-state index contributed by atoms with van der Waals surface area (Å²) >= 11 is 0. The molecule has 0 atom stereocenters. The number of rotatable bonds is 7. The molecule has 2 heterocycles. The average Bonchev–Trinajstić information content (AvgIpc) is 2.73. The monoisotopic (exact) mass is 367 g/mol. The van der Waals surface area contributed by atoms with E-state index in [0.29, 0.717) is 5.96 Å². The first kappa shape index (κ1) is 19.1. The van der Waals surface area contributed by atoms with Crippen LogP contribution in [0.4, 0.5) is 11.6 Å². The summed E-state index contributed by atoms with van der Waals surface area (Å²) in [5, 5.41) is 3.15. The molecule has 2 aromatic rings. The summed E-state index contributed by atoms with van der Waals surface area (Å²) in [5.74, 6) is 1.30. The van der Waals surface area contributed by atoms with Gasteiger partial charge in [-0.15, -0.1) is 0 Å². The number of hydrogen-bond donors (Lipinski definition) is 2. The molecule has 1 aromatic heterocycles. The summed E-state index contributed by atoms with van der Waals surface area (Å²) in [7, 11) is 0. The number of aliphatic imine (C=N–C) groups is 1. The Morgan fingerprint density at radius 2 is 1.81 bits per heavy atom. The highest BCUT2D eigenvalue weighted by molar-refractivity contribution is 5.92. The third kappa shape index (κ3) is 5.92. The van der Waals surface area contributed by atoms with Crippen molar-refractivity contribution < 1.29 is 0 Å². The normalized spacial score (nSPS) is 15.7. The van der Waals surface area contributed by atoms with Gasteiger partial charge in [0.2, 0.25) is 5.95 Å². The summed E-state index contributed by atoms with van der Waals surface area (Å²) in [5.41, 5.74) is 8.28. The number of hydrogen-bond acceptors (Lipinski definition) is 5. The minimum atomic E-state index is 0.477. The van der Waals surface area contributed by atoms with E-state index in [1.165, 1.54) is 5.56 Å². The number of nitrogens with two attached hydrogens (primary N) is 1. The fourth-order valence-electron chi connectivity index (χ4n) is 3.13. The molecule has 0 saturated carbocycles. The van der Waals surface area contributed by atoms with Gasteiger partial charge < -0.3 is 16.0 Å². The molecule has 144 valence electrons. The molecule has 1 aromatic carbocycles. The van der Waals surface area contributed by atoms with E-state index < -0.39 is 0 Å². The Kier molecular flexibility index (Phi) is 6.98. The van der Waals surface area contributed by atoms with E-state index in [4.69, 9.17) is 5.73 Å². The molecule has 7 heteroatoms. The lowest BCUT2D eigenvalue weighted by Gasteiger charge is -2.34. The highest BCUT2D eigenvalue weighted by Gasteiger charge is 2.17. The number of aromatic nitrogens is 2. The molecular formula is C20H29N7. The van der Waals surface area contributed by atoms with Crippen molar-refractivity contribution in [2.24, 2.45) is 10.7 Å². The third-order valence-electron chi connectivity index (χ3n) is 4.76. The van der Waals surface area contributed by atoms with Crippen LogP contribution in [0.3, 0.4) is 0 Å². The maximum Gasteiger partial charge on any atom is 0.225 e. The molecule has 3 rings (SSSR count). The van der Waals surface area contributed by atoms with Gasteiger partial charge in [-0.05, 0) is 36.6 Å². The number of benzene rings is 1. The van der Waals surface area contributed by atoms with Crippen molar-refractivity contribution in [1.29, 1.82) is 0 Å². The Balaban J connectivity index is 1.34. The summed E-state index contributed by atoms with van der Waals surface area (Å²) in [4.78, 5) is 17.8. The van der Waals surface area contributed by atoms with Crippen LogP contribution >= 0.6 is 0 Å². The summed E-state index contributed by atoms with van der Waals surface area (Å²) in [6, 6.07) is 10.1. The number of guanidine groups is 1. The zero-order valence-corrected chi connectivity index (χ0v) is 16.0. The van der Waals surface area contributed by atoms with Gasteiger partial charge in [-0.3, -0.25) is 9.89 Å². The Bertz CT molecular complexity index is 707. The predicted octanol–water partition coefficient (Wildman–Crippen LogP) is 1.98. The van der Waals surface area contributed by atoms with Crippen LogP contribution in [0.1, 0.15) is 18.9 Å². The van der Waals surface area contributed by atoms with Crippen molar-refractivity contribution in [3.63, 3.8) is 0 Å². The van der Waals surface area contributed by atoms with Crippen molar-refractivity contribution in [2.75, 3.05) is 49.5 Å². The number of piperazine rings is 1. The van der Waals surface area contributed by atoms with Crippen LogP contribution in [0.25, 0.3) is 0 Å². The maximum atomic E-state index is 5.98. The van der Waals surface area contributed by atoms with E-state index in [-0.39, 0.29) is 0 Å². The lowest BCUT2D eigenvalue weighted by molar-refractivity contribution is 0.255. The first-order valence-electron chi connectivity index (χ1n) is 9.65. The van der Waals surface area contributed by atoms with Crippen molar-refractivity contribution in [2.45, 2.75) is 19.8 Å². The molecule has 7 nitrogen and oxygen atoms in total. The molecule has 0 unspecified atom stereocenters. The molecule has 1 aliphatic rings. The van der Waals surface area contributed by atoms with E-state index in [9.17, 15) is 0 Å². The second kappa shape index (κ2) is 9.87. The molecule has 1 aliphatic heterocycles.